The summed E-state index contributed by atoms with van der Waals surface area (Å²) in [5.74, 6) is 0.562. The third kappa shape index (κ3) is 4.54. The van der Waals surface area contributed by atoms with Crippen LogP contribution in [0.5, 0.6) is 0 Å². The largest absolute Gasteiger partial charge is 0.370 e. The van der Waals surface area contributed by atoms with Gasteiger partial charge in [0.05, 0.1) is 11.4 Å². The van der Waals surface area contributed by atoms with Gasteiger partial charge in [-0.25, -0.2) is 18.1 Å². The molecule has 8 heteroatoms. The molecule has 0 amide bonds. The lowest BCUT2D eigenvalue weighted by molar-refractivity contribution is 0.561. The van der Waals surface area contributed by atoms with Crippen molar-refractivity contribution >= 4 is 15.8 Å². The molecule has 21 heavy (non-hydrogen) atoms. The second-order valence-corrected chi connectivity index (χ2v) is 6.24. The molecule has 0 aliphatic carbocycles. The Morgan fingerprint density at radius 2 is 2.14 bits per heavy atom. The Balaban J connectivity index is 1.98. The van der Waals surface area contributed by atoms with Crippen molar-refractivity contribution in [2.75, 3.05) is 18.4 Å². The molecule has 2 N–H and O–H groups in total. The van der Waals surface area contributed by atoms with Gasteiger partial charge in [-0.15, -0.1) is 0 Å². The first kappa shape index (κ1) is 15.5. The van der Waals surface area contributed by atoms with Crippen LogP contribution in [0.15, 0.2) is 41.7 Å². The zero-order valence-electron chi connectivity index (χ0n) is 11.9. The first-order chi connectivity index (χ1) is 10.1. The van der Waals surface area contributed by atoms with E-state index in [0.29, 0.717) is 12.4 Å². The van der Waals surface area contributed by atoms with Crippen LogP contribution in [0.4, 0.5) is 5.82 Å². The van der Waals surface area contributed by atoms with E-state index in [4.69, 9.17) is 0 Å². The Kier molecular flexibility index (Phi) is 5.29. The topological polar surface area (TPSA) is 88.9 Å². The van der Waals surface area contributed by atoms with Crippen molar-refractivity contribution in [2.45, 2.75) is 24.8 Å². The summed E-state index contributed by atoms with van der Waals surface area (Å²) >= 11 is 0. The van der Waals surface area contributed by atoms with Crippen LogP contribution in [0.2, 0.25) is 0 Å². The SMILES string of the molecule is CCCNc1cc(S(=O)(=O)NCCn2cccn2)ccn1. The Labute approximate surface area is 124 Å². The quantitative estimate of drug-likeness (QED) is 0.761. The maximum Gasteiger partial charge on any atom is 0.240 e. The summed E-state index contributed by atoms with van der Waals surface area (Å²) in [6.45, 7) is 3.55. The van der Waals surface area contributed by atoms with E-state index in [0.717, 1.165) is 13.0 Å². The van der Waals surface area contributed by atoms with Crippen LogP contribution in [-0.2, 0) is 16.6 Å². The Morgan fingerprint density at radius 3 is 2.86 bits per heavy atom. The highest BCUT2D eigenvalue weighted by molar-refractivity contribution is 7.89. The number of pyridine rings is 1. The molecule has 2 aromatic rings. The van der Waals surface area contributed by atoms with Gasteiger partial charge in [0.25, 0.3) is 0 Å². The third-order valence-corrected chi connectivity index (χ3v) is 4.25. The van der Waals surface area contributed by atoms with E-state index >= 15 is 0 Å². The number of hydrogen-bond acceptors (Lipinski definition) is 5. The zero-order valence-corrected chi connectivity index (χ0v) is 12.7. The van der Waals surface area contributed by atoms with Gasteiger partial charge in [-0.1, -0.05) is 6.92 Å². The molecule has 0 atom stereocenters. The predicted molar refractivity (Wildman–Crippen MR) is 80.4 cm³/mol. The molecule has 0 spiro atoms. The first-order valence-corrected chi connectivity index (χ1v) is 8.27. The van der Waals surface area contributed by atoms with Crippen LogP contribution in [-0.4, -0.2) is 36.3 Å². The smallest absolute Gasteiger partial charge is 0.240 e. The molecular weight excluding hydrogens is 290 g/mol. The average Bonchev–Trinajstić information content (AvgIpc) is 2.98. The third-order valence-electron chi connectivity index (χ3n) is 2.79. The van der Waals surface area contributed by atoms with Gasteiger partial charge in [-0.2, -0.15) is 5.10 Å². The maximum absolute atomic E-state index is 12.2. The van der Waals surface area contributed by atoms with Crippen LogP contribution in [0.25, 0.3) is 0 Å². The molecule has 0 radical (unpaired) electrons. The molecule has 2 rings (SSSR count). The molecule has 0 aliphatic rings. The van der Waals surface area contributed by atoms with Crippen LogP contribution in [0, 0.1) is 0 Å². The van der Waals surface area contributed by atoms with Gasteiger partial charge < -0.3 is 5.32 Å². The summed E-state index contributed by atoms with van der Waals surface area (Å²) in [7, 11) is -3.53. The molecule has 7 nitrogen and oxygen atoms in total. The van der Waals surface area contributed by atoms with E-state index in [9.17, 15) is 8.42 Å². The van der Waals surface area contributed by atoms with Crippen LogP contribution in [0.1, 0.15) is 13.3 Å². The summed E-state index contributed by atoms with van der Waals surface area (Å²) < 4.78 is 28.6. The fourth-order valence-corrected chi connectivity index (χ4v) is 2.77. The van der Waals surface area contributed by atoms with Crippen molar-refractivity contribution in [3.8, 4) is 0 Å². The predicted octanol–water partition coefficient (Wildman–Crippen LogP) is 1.08. The fraction of sp³-hybridized carbons (Fsp3) is 0.385. The number of rotatable bonds is 8. The summed E-state index contributed by atoms with van der Waals surface area (Å²) in [6.07, 6.45) is 5.87. The highest BCUT2D eigenvalue weighted by Crippen LogP contribution is 2.12. The molecule has 0 aliphatic heterocycles. The van der Waals surface area contributed by atoms with E-state index in [1.165, 1.54) is 18.3 Å². The standard InChI is InChI=1S/C13H19N5O2S/c1-2-5-14-13-11-12(4-7-15-13)21(19,20)17-8-10-18-9-3-6-16-18/h3-4,6-7,9,11,17H,2,5,8,10H2,1H3,(H,14,15). The van der Waals surface area contributed by atoms with Crippen molar-refractivity contribution in [1.29, 1.82) is 0 Å². The minimum Gasteiger partial charge on any atom is -0.370 e. The Hall–Kier alpha value is -1.93. The lowest BCUT2D eigenvalue weighted by Gasteiger charge is -2.09. The minimum atomic E-state index is -3.53. The second-order valence-electron chi connectivity index (χ2n) is 4.47. The number of sulfonamides is 1. The van der Waals surface area contributed by atoms with Gasteiger partial charge in [0.15, 0.2) is 0 Å². The number of aromatic nitrogens is 3. The van der Waals surface area contributed by atoms with Crippen molar-refractivity contribution in [1.82, 2.24) is 19.5 Å². The molecule has 0 bridgehead atoms. The van der Waals surface area contributed by atoms with Gasteiger partial charge in [-0.05, 0) is 18.6 Å². The van der Waals surface area contributed by atoms with E-state index < -0.39 is 10.0 Å². The minimum absolute atomic E-state index is 0.205. The number of anilines is 1. The molecule has 2 aromatic heterocycles. The first-order valence-electron chi connectivity index (χ1n) is 6.79. The molecule has 0 saturated carbocycles. The van der Waals surface area contributed by atoms with Crippen LogP contribution >= 0.6 is 0 Å². The lowest BCUT2D eigenvalue weighted by Crippen LogP contribution is -2.27. The Morgan fingerprint density at radius 1 is 1.29 bits per heavy atom. The fourth-order valence-electron chi connectivity index (χ4n) is 1.74. The molecule has 2 heterocycles. The van der Waals surface area contributed by atoms with Crippen molar-refractivity contribution in [2.24, 2.45) is 0 Å². The average molecular weight is 309 g/mol. The van der Waals surface area contributed by atoms with Crippen LogP contribution < -0.4 is 10.0 Å². The van der Waals surface area contributed by atoms with Crippen molar-refractivity contribution < 1.29 is 8.42 Å². The van der Waals surface area contributed by atoms with Crippen LogP contribution in [0.3, 0.4) is 0 Å². The Bertz CT molecular complexity index is 655. The molecule has 0 fully saturated rings. The second kappa shape index (κ2) is 7.19. The normalized spacial score (nSPS) is 11.5. The van der Waals surface area contributed by atoms with E-state index in [-0.39, 0.29) is 11.4 Å². The lowest BCUT2D eigenvalue weighted by atomic mass is 10.4. The number of nitrogens with one attached hydrogen (secondary N) is 2. The van der Waals surface area contributed by atoms with Gasteiger partial charge in [0, 0.05) is 37.7 Å². The number of nitrogens with zero attached hydrogens (tertiary/aromatic N) is 3. The van der Waals surface area contributed by atoms with E-state index in [1.54, 1.807) is 23.1 Å². The monoisotopic (exact) mass is 309 g/mol. The van der Waals surface area contributed by atoms with Gasteiger partial charge in [-0.3, -0.25) is 4.68 Å². The van der Waals surface area contributed by atoms with Crippen molar-refractivity contribution in [3.05, 3.63) is 36.8 Å². The highest BCUT2D eigenvalue weighted by atomic mass is 32.2. The highest BCUT2D eigenvalue weighted by Gasteiger charge is 2.14. The summed E-state index contributed by atoms with van der Waals surface area (Å²) in [5.41, 5.74) is 0. The summed E-state index contributed by atoms with van der Waals surface area (Å²) in [4.78, 5) is 4.30. The molecule has 114 valence electrons. The van der Waals surface area contributed by atoms with E-state index in [1.807, 2.05) is 6.92 Å². The molecule has 0 saturated heterocycles. The molecular formula is C13H19N5O2S. The summed E-state index contributed by atoms with van der Waals surface area (Å²) in [6, 6.07) is 4.81. The van der Waals surface area contributed by atoms with Gasteiger partial charge in [0.2, 0.25) is 10.0 Å². The molecule has 0 unspecified atom stereocenters. The number of hydrogen-bond donors (Lipinski definition) is 2. The maximum atomic E-state index is 12.2. The molecule has 0 aromatic carbocycles. The van der Waals surface area contributed by atoms with Gasteiger partial charge in [0.1, 0.15) is 5.82 Å². The van der Waals surface area contributed by atoms with Crippen molar-refractivity contribution in [3.63, 3.8) is 0 Å². The summed E-state index contributed by atoms with van der Waals surface area (Å²) in [5, 5.41) is 7.09. The zero-order chi connectivity index (χ0) is 15.1. The van der Waals surface area contributed by atoms with E-state index in [2.05, 4.69) is 20.1 Å². The van der Waals surface area contributed by atoms with Gasteiger partial charge >= 0.3 is 0 Å².